The van der Waals surface area contributed by atoms with Crippen LogP contribution in [0.4, 0.5) is 4.39 Å². The number of nitrogens with two attached hydrogens (primary N) is 1. The summed E-state index contributed by atoms with van der Waals surface area (Å²) in [6.45, 7) is 6.12. The van der Waals surface area contributed by atoms with E-state index in [0.717, 1.165) is 16.8 Å². The van der Waals surface area contributed by atoms with E-state index in [-0.39, 0.29) is 16.1 Å². The van der Waals surface area contributed by atoms with Gasteiger partial charge in [0.25, 0.3) is 0 Å². The van der Waals surface area contributed by atoms with Gasteiger partial charge in [-0.25, -0.2) is 17.9 Å². The Labute approximate surface area is 167 Å². The molecule has 0 bridgehead atoms. The summed E-state index contributed by atoms with van der Waals surface area (Å²) in [5, 5.41) is 9.69. The van der Waals surface area contributed by atoms with E-state index >= 15 is 0 Å². The van der Waals surface area contributed by atoms with Gasteiger partial charge < -0.3 is 4.42 Å². The molecule has 0 unspecified atom stereocenters. The van der Waals surface area contributed by atoms with E-state index in [0.29, 0.717) is 17.0 Å². The number of sulfonamides is 1. The Bertz CT molecular complexity index is 1300. The molecule has 4 aromatic rings. The maximum absolute atomic E-state index is 13.3. The minimum Gasteiger partial charge on any atom is -0.436 e. The van der Waals surface area contributed by atoms with Crippen LogP contribution < -0.4 is 5.14 Å². The van der Waals surface area contributed by atoms with Gasteiger partial charge in [0.1, 0.15) is 5.82 Å². The van der Waals surface area contributed by atoms with Crippen molar-refractivity contribution in [1.29, 1.82) is 0 Å². The monoisotopic (exact) mass is 413 g/mol. The third-order valence-electron chi connectivity index (χ3n) is 4.66. The van der Waals surface area contributed by atoms with Gasteiger partial charge in [0.15, 0.2) is 5.76 Å². The highest BCUT2D eigenvalue weighted by molar-refractivity contribution is 7.89. The fraction of sp³-hybridized carbons (Fsp3) is 0.190. The number of oxazole rings is 1. The van der Waals surface area contributed by atoms with Crippen molar-refractivity contribution in [2.24, 2.45) is 5.14 Å². The zero-order chi connectivity index (χ0) is 21.0. The molecule has 0 atom stereocenters. The van der Waals surface area contributed by atoms with Gasteiger partial charge in [0, 0.05) is 11.0 Å². The number of rotatable bonds is 3. The average molecular weight is 413 g/mol. The number of hydrogen-bond acceptors (Lipinski definition) is 4. The zero-order valence-corrected chi connectivity index (χ0v) is 17.0. The smallest absolute Gasteiger partial charge is 0.238 e. The first-order chi connectivity index (χ1) is 13.6. The summed E-state index contributed by atoms with van der Waals surface area (Å²) in [5.74, 6) is 0.271. The quantitative estimate of drug-likeness (QED) is 0.541. The predicted octanol–water partition coefficient (Wildman–Crippen LogP) is 4.35. The van der Waals surface area contributed by atoms with Crippen LogP contribution in [-0.4, -0.2) is 18.0 Å². The normalized spacial score (nSPS) is 12.6. The highest BCUT2D eigenvalue weighted by atomic mass is 32.2. The third kappa shape index (κ3) is 3.45. The molecule has 0 spiro atoms. The van der Waals surface area contributed by atoms with Crippen molar-refractivity contribution in [2.45, 2.75) is 31.1 Å². The van der Waals surface area contributed by atoms with Crippen LogP contribution in [-0.2, 0) is 15.4 Å². The van der Waals surface area contributed by atoms with Gasteiger partial charge in [0.2, 0.25) is 15.7 Å². The molecule has 0 radical (unpaired) electrons. The van der Waals surface area contributed by atoms with Gasteiger partial charge in [-0.3, -0.25) is 0 Å². The molecule has 29 heavy (non-hydrogen) atoms. The maximum atomic E-state index is 13.3. The molecule has 0 saturated heterocycles. The molecule has 0 aliphatic carbocycles. The molecular formula is C21H20FN3O3S. The van der Waals surface area contributed by atoms with E-state index in [1.807, 2.05) is 20.8 Å². The SMILES string of the molecule is CC(C)(C)c1c(-c2ccc(S(N)(=O)=O)cc2)oc2c(-c3ccc(F)cc3)cnn12. The third-order valence-corrected chi connectivity index (χ3v) is 5.59. The van der Waals surface area contributed by atoms with Crippen molar-refractivity contribution >= 4 is 15.7 Å². The van der Waals surface area contributed by atoms with Crippen molar-refractivity contribution in [3.05, 3.63) is 66.2 Å². The van der Waals surface area contributed by atoms with Crippen LogP contribution in [0.1, 0.15) is 26.5 Å². The summed E-state index contributed by atoms with van der Waals surface area (Å²) in [7, 11) is -3.78. The van der Waals surface area contributed by atoms with Gasteiger partial charge in [-0.1, -0.05) is 32.9 Å². The lowest BCUT2D eigenvalue weighted by molar-refractivity contribution is 0.548. The molecule has 2 aromatic carbocycles. The lowest BCUT2D eigenvalue weighted by Gasteiger charge is -2.18. The summed E-state index contributed by atoms with van der Waals surface area (Å²) in [6.07, 6.45) is 1.69. The first-order valence-electron chi connectivity index (χ1n) is 8.96. The number of primary sulfonamides is 1. The van der Waals surface area contributed by atoms with E-state index in [9.17, 15) is 12.8 Å². The van der Waals surface area contributed by atoms with Crippen LogP contribution in [0.15, 0.2) is 64.0 Å². The van der Waals surface area contributed by atoms with Gasteiger partial charge in [-0.05, 0) is 42.0 Å². The molecule has 0 aliphatic rings. The zero-order valence-electron chi connectivity index (χ0n) is 16.2. The van der Waals surface area contributed by atoms with Crippen LogP contribution in [0.2, 0.25) is 0 Å². The Hall–Kier alpha value is -2.97. The maximum Gasteiger partial charge on any atom is 0.238 e. The lowest BCUT2D eigenvalue weighted by Crippen LogP contribution is -2.16. The number of benzene rings is 2. The summed E-state index contributed by atoms with van der Waals surface area (Å²) in [6, 6.07) is 12.3. The molecule has 0 amide bonds. The Morgan fingerprint density at radius 3 is 2.14 bits per heavy atom. The first kappa shape index (κ1) is 19.4. The second-order valence-corrected chi connectivity index (χ2v) is 9.44. The number of fused-ring (bicyclic) bond motifs is 1. The van der Waals surface area contributed by atoms with Crippen molar-refractivity contribution in [3.63, 3.8) is 0 Å². The first-order valence-corrected chi connectivity index (χ1v) is 10.5. The highest BCUT2D eigenvalue weighted by Gasteiger charge is 2.29. The second kappa shape index (κ2) is 6.53. The number of hydrogen-bond donors (Lipinski definition) is 1. The molecule has 0 fully saturated rings. The van der Waals surface area contributed by atoms with Gasteiger partial charge in [-0.15, -0.1) is 0 Å². The Morgan fingerprint density at radius 2 is 1.59 bits per heavy atom. The van der Waals surface area contributed by atoms with Gasteiger partial charge in [-0.2, -0.15) is 9.61 Å². The minimum atomic E-state index is -3.78. The van der Waals surface area contributed by atoms with Crippen LogP contribution in [0.3, 0.4) is 0 Å². The van der Waals surface area contributed by atoms with Crippen LogP contribution in [0, 0.1) is 5.82 Å². The number of halogens is 1. The number of nitrogens with zero attached hydrogens (tertiary/aromatic N) is 2. The molecule has 2 heterocycles. The largest absolute Gasteiger partial charge is 0.436 e. The fourth-order valence-electron chi connectivity index (χ4n) is 3.31. The molecule has 4 rings (SSSR count). The molecule has 0 aliphatic heterocycles. The molecule has 2 N–H and O–H groups in total. The lowest BCUT2D eigenvalue weighted by atomic mass is 9.89. The van der Waals surface area contributed by atoms with Crippen molar-refractivity contribution in [2.75, 3.05) is 0 Å². The van der Waals surface area contributed by atoms with Crippen molar-refractivity contribution in [3.8, 4) is 22.5 Å². The molecule has 6 nitrogen and oxygen atoms in total. The second-order valence-electron chi connectivity index (χ2n) is 7.88. The van der Waals surface area contributed by atoms with Crippen LogP contribution in [0.5, 0.6) is 0 Å². The average Bonchev–Trinajstić information content (AvgIpc) is 3.20. The van der Waals surface area contributed by atoms with E-state index in [1.54, 1.807) is 35.0 Å². The molecule has 150 valence electrons. The summed E-state index contributed by atoms with van der Waals surface area (Å²) >= 11 is 0. The molecule has 0 saturated carbocycles. The van der Waals surface area contributed by atoms with Crippen molar-refractivity contribution < 1.29 is 17.2 Å². The Balaban J connectivity index is 1.93. The van der Waals surface area contributed by atoms with Crippen LogP contribution in [0.25, 0.3) is 28.2 Å². The topological polar surface area (TPSA) is 90.6 Å². The van der Waals surface area contributed by atoms with E-state index in [1.165, 1.54) is 24.3 Å². The summed E-state index contributed by atoms with van der Waals surface area (Å²) in [4.78, 5) is 0.0295. The van der Waals surface area contributed by atoms with Crippen molar-refractivity contribution in [1.82, 2.24) is 9.61 Å². The molecular weight excluding hydrogens is 393 g/mol. The van der Waals surface area contributed by atoms with E-state index < -0.39 is 10.0 Å². The minimum absolute atomic E-state index is 0.0295. The molecule has 8 heteroatoms. The Kier molecular flexibility index (Phi) is 4.36. The summed E-state index contributed by atoms with van der Waals surface area (Å²) < 4.78 is 44.4. The van der Waals surface area contributed by atoms with E-state index in [2.05, 4.69) is 5.10 Å². The van der Waals surface area contributed by atoms with Crippen LogP contribution >= 0.6 is 0 Å². The number of aromatic nitrogens is 2. The standard InChI is InChI=1S/C21H20FN3O3S/c1-21(2,3)19-18(14-6-10-16(11-7-14)29(23,26)27)28-20-17(12-24-25(19)20)13-4-8-15(22)9-5-13/h4-12H,1-3H3,(H2,23,26,27). The summed E-state index contributed by atoms with van der Waals surface area (Å²) in [5.41, 5.74) is 3.29. The van der Waals surface area contributed by atoms with E-state index in [4.69, 9.17) is 9.56 Å². The van der Waals surface area contributed by atoms with Gasteiger partial charge in [0.05, 0.1) is 22.3 Å². The Morgan fingerprint density at radius 1 is 1.00 bits per heavy atom. The molecule has 2 aromatic heterocycles. The highest BCUT2D eigenvalue weighted by Crippen LogP contribution is 2.39. The van der Waals surface area contributed by atoms with Gasteiger partial charge >= 0.3 is 0 Å². The predicted molar refractivity (Wildman–Crippen MR) is 108 cm³/mol. The fourth-order valence-corrected chi connectivity index (χ4v) is 3.83.